The zero-order chi connectivity index (χ0) is 8.15. The Balaban J connectivity index is 4.01. The minimum absolute atomic E-state index is 0.421. The van der Waals surface area contributed by atoms with Crippen LogP contribution in [0.15, 0.2) is 10.3 Å². The van der Waals surface area contributed by atoms with Gasteiger partial charge in [-0.15, -0.1) is 0 Å². The second-order valence-corrected chi connectivity index (χ2v) is 2.49. The number of hydrogen-bond donors (Lipinski definition) is 1. The molecule has 0 saturated carbocycles. The molecule has 0 saturated heterocycles. The second-order valence-electron chi connectivity index (χ2n) is 2.49. The molecule has 0 aliphatic rings. The molecule has 0 aliphatic heterocycles. The summed E-state index contributed by atoms with van der Waals surface area (Å²) in [5.41, 5.74) is 7.57. The molecule has 4 nitrogen and oxygen atoms in total. The first kappa shape index (κ1) is 9.07. The number of nitrogens with zero attached hydrogens (tertiary/aromatic N) is 3. The van der Waals surface area contributed by atoms with Crippen molar-refractivity contribution in [1.29, 1.82) is 5.53 Å². The zero-order valence-electron chi connectivity index (χ0n) is 6.92. The van der Waals surface area contributed by atoms with Gasteiger partial charge in [0.1, 0.15) is 0 Å². The third-order valence-corrected chi connectivity index (χ3v) is 1.28. The molecule has 10 heavy (non-hydrogen) atoms. The van der Waals surface area contributed by atoms with E-state index in [1.165, 1.54) is 5.12 Å². The lowest BCUT2D eigenvalue weighted by Gasteiger charge is -2.07. The van der Waals surface area contributed by atoms with E-state index in [4.69, 9.17) is 5.53 Å². The van der Waals surface area contributed by atoms with E-state index in [1.54, 1.807) is 7.05 Å². The average molecular weight is 142 g/mol. The van der Waals surface area contributed by atoms with Crippen molar-refractivity contribution in [3.8, 4) is 0 Å². The van der Waals surface area contributed by atoms with E-state index in [0.717, 1.165) is 5.71 Å². The van der Waals surface area contributed by atoms with Crippen LogP contribution in [0.4, 0.5) is 0 Å². The third kappa shape index (κ3) is 3.17. The van der Waals surface area contributed by atoms with E-state index in [1.807, 2.05) is 6.92 Å². The summed E-state index contributed by atoms with van der Waals surface area (Å²) in [4.78, 5) is 0. The van der Waals surface area contributed by atoms with Crippen molar-refractivity contribution < 1.29 is 0 Å². The maximum absolute atomic E-state index is 6.59. The van der Waals surface area contributed by atoms with Crippen LogP contribution in [0.3, 0.4) is 0 Å². The smallest absolute Gasteiger partial charge is 0.0513 e. The summed E-state index contributed by atoms with van der Waals surface area (Å²) in [6, 6.07) is 0. The van der Waals surface area contributed by atoms with Gasteiger partial charge in [0, 0.05) is 5.71 Å². The molecule has 0 atom stereocenters. The van der Waals surface area contributed by atoms with Gasteiger partial charge in [-0.2, -0.15) is 15.8 Å². The van der Waals surface area contributed by atoms with Crippen molar-refractivity contribution in [2.45, 2.75) is 20.8 Å². The van der Waals surface area contributed by atoms with Gasteiger partial charge in [-0.05, 0) is 12.8 Å². The first-order chi connectivity index (χ1) is 4.57. The summed E-state index contributed by atoms with van der Waals surface area (Å²) < 4.78 is 0. The highest BCUT2D eigenvalue weighted by molar-refractivity contribution is 5.83. The highest BCUT2D eigenvalue weighted by Crippen LogP contribution is 1.97. The van der Waals surface area contributed by atoms with Crippen molar-refractivity contribution in [1.82, 2.24) is 5.12 Å². The Hall–Kier alpha value is -0.930. The predicted octanol–water partition coefficient (Wildman–Crippen LogP) is 1.90. The Bertz CT molecular complexity index is 139. The van der Waals surface area contributed by atoms with Crippen LogP contribution in [-0.2, 0) is 0 Å². The van der Waals surface area contributed by atoms with Gasteiger partial charge in [0.15, 0.2) is 0 Å². The molecular weight excluding hydrogens is 128 g/mol. The average Bonchev–Trinajstić information content (AvgIpc) is 1.87. The number of rotatable bonds is 3. The van der Waals surface area contributed by atoms with Crippen LogP contribution in [0.1, 0.15) is 20.8 Å². The highest BCUT2D eigenvalue weighted by atomic mass is 15.7. The van der Waals surface area contributed by atoms with Gasteiger partial charge in [0.2, 0.25) is 0 Å². The van der Waals surface area contributed by atoms with Crippen molar-refractivity contribution >= 4 is 5.71 Å². The summed E-state index contributed by atoms with van der Waals surface area (Å²) in [7, 11) is 1.64. The molecule has 0 spiro atoms. The number of nitrogens with one attached hydrogen (secondary N) is 1. The Morgan fingerprint density at radius 3 is 2.30 bits per heavy atom. The van der Waals surface area contributed by atoms with Crippen molar-refractivity contribution in [3.05, 3.63) is 0 Å². The maximum atomic E-state index is 6.59. The largest absolute Gasteiger partial charge is 0.185 e. The van der Waals surface area contributed by atoms with Gasteiger partial charge in [-0.25, -0.2) is 0 Å². The van der Waals surface area contributed by atoms with Gasteiger partial charge in [-0.1, -0.05) is 19.1 Å². The highest BCUT2D eigenvalue weighted by Gasteiger charge is 1.97. The lowest BCUT2D eigenvalue weighted by Crippen LogP contribution is -2.09. The minimum atomic E-state index is 0.421. The summed E-state index contributed by atoms with van der Waals surface area (Å²) in [5, 5.41) is 8.34. The van der Waals surface area contributed by atoms with E-state index < -0.39 is 0 Å². The number of hydrazone groups is 1. The maximum Gasteiger partial charge on any atom is 0.0513 e. The van der Waals surface area contributed by atoms with Crippen molar-refractivity contribution in [2.75, 3.05) is 7.05 Å². The van der Waals surface area contributed by atoms with Crippen LogP contribution < -0.4 is 0 Å². The third-order valence-electron chi connectivity index (χ3n) is 1.28. The molecule has 0 rings (SSSR count). The van der Waals surface area contributed by atoms with Crippen LogP contribution in [-0.4, -0.2) is 17.9 Å². The standard InChI is InChI=1S/C6H14N4/c1-5(2)6(3)8-10(4)9-7/h5,7H,1-4H3/b8-6-,9-7?. The lowest BCUT2D eigenvalue weighted by atomic mass is 10.1. The first-order valence-corrected chi connectivity index (χ1v) is 3.24. The first-order valence-electron chi connectivity index (χ1n) is 3.24. The Morgan fingerprint density at radius 1 is 1.50 bits per heavy atom. The molecule has 0 aromatic heterocycles. The lowest BCUT2D eigenvalue weighted by molar-refractivity contribution is 0.337. The fraction of sp³-hybridized carbons (Fsp3) is 0.833. The van der Waals surface area contributed by atoms with Gasteiger partial charge < -0.3 is 0 Å². The van der Waals surface area contributed by atoms with Gasteiger partial charge >= 0.3 is 0 Å². The fourth-order valence-electron chi connectivity index (χ4n) is 0.366. The summed E-state index contributed by atoms with van der Waals surface area (Å²) in [6.07, 6.45) is 0. The Kier molecular flexibility index (Phi) is 3.61. The molecule has 0 heterocycles. The molecular formula is C6H14N4. The fourth-order valence-corrected chi connectivity index (χ4v) is 0.366. The normalized spacial score (nSPS) is 11.9. The van der Waals surface area contributed by atoms with E-state index >= 15 is 0 Å². The molecule has 58 valence electrons. The van der Waals surface area contributed by atoms with Crippen molar-refractivity contribution in [3.63, 3.8) is 0 Å². The minimum Gasteiger partial charge on any atom is -0.185 e. The summed E-state index contributed by atoms with van der Waals surface area (Å²) in [6.45, 7) is 6.03. The van der Waals surface area contributed by atoms with Crippen LogP contribution >= 0.6 is 0 Å². The Morgan fingerprint density at radius 2 is 2.00 bits per heavy atom. The molecule has 0 aromatic carbocycles. The summed E-state index contributed by atoms with van der Waals surface area (Å²) in [5.74, 6) is 0.421. The Labute approximate surface area is 61.4 Å². The molecule has 0 unspecified atom stereocenters. The van der Waals surface area contributed by atoms with Gasteiger partial charge in [-0.3, -0.25) is 0 Å². The van der Waals surface area contributed by atoms with E-state index in [0.29, 0.717) is 5.92 Å². The predicted molar refractivity (Wildman–Crippen MR) is 40.9 cm³/mol. The van der Waals surface area contributed by atoms with Gasteiger partial charge in [0.05, 0.1) is 7.05 Å². The molecule has 0 bridgehead atoms. The molecule has 0 aliphatic carbocycles. The molecule has 0 amide bonds. The van der Waals surface area contributed by atoms with E-state index in [-0.39, 0.29) is 0 Å². The SMILES string of the molecule is C/C(=N/N(C)N=N)C(C)C. The van der Waals surface area contributed by atoms with Crippen molar-refractivity contribution in [2.24, 2.45) is 16.2 Å². The number of hydrogen-bond acceptors (Lipinski definition) is 3. The van der Waals surface area contributed by atoms with Crippen LogP contribution in [0.5, 0.6) is 0 Å². The quantitative estimate of drug-likeness (QED) is 0.365. The van der Waals surface area contributed by atoms with Crippen LogP contribution in [0.2, 0.25) is 0 Å². The second kappa shape index (κ2) is 3.98. The monoisotopic (exact) mass is 142 g/mol. The zero-order valence-corrected chi connectivity index (χ0v) is 6.92. The molecule has 0 fully saturated rings. The summed E-state index contributed by atoms with van der Waals surface area (Å²) >= 11 is 0. The van der Waals surface area contributed by atoms with Crippen LogP contribution in [0.25, 0.3) is 0 Å². The van der Waals surface area contributed by atoms with Gasteiger partial charge in [0.25, 0.3) is 0 Å². The molecule has 1 N–H and O–H groups in total. The van der Waals surface area contributed by atoms with E-state index in [9.17, 15) is 0 Å². The molecule has 0 radical (unpaired) electrons. The van der Waals surface area contributed by atoms with Crippen LogP contribution in [0, 0.1) is 11.4 Å². The van der Waals surface area contributed by atoms with E-state index in [2.05, 4.69) is 24.2 Å². The topological polar surface area (TPSA) is 51.8 Å². The molecule has 4 heteroatoms. The molecule has 0 aromatic rings.